The van der Waals surface area contributed by atoms with Gasteiger partial charge in [0, 0.05) is 29.5 Å². The van der Waals surface area contributed by atoms with Gasteiger partial charge in [-0.3, -0.25) is 4.79 Å². The number of hydrogen-bond acceptors (Lipinski definition) is 3. The van der Waals surface area contributed by atoms with Crippen molar-refractivity contribution in [2.75, 3.05) is 0 Å². The average Bonchev–Trinajstić information content (AvgIpc) is 2.80. The van der Waals surface area contributed by atoms with Crippen molar-refractivity contribution in [2.24, 2.45) is 0 Å². The Morgan fingerprint density at radius 3 is 2.65 bits per heavy atom. The van der Waals surface area contributed by atoms with Gasteiger partial charge in [0.1, 0.15) is 5.69 Å². The third-order valence-corrected chi connectivity index (χ3v) is 3.27. The van der Waals surface area contributed by atoms with E-state index in [1.807, 2.05) is 25.3 Å². The number of benzene rings is 1. The van der Waals surface area contributed by atoms with E-state index in [0.29, 0.717) is 12.1 Å². The van der Waals surface area contributed by atoms with Gasteiger partial charge in [-0.1, -0.05) is 24.6 Å². The molecule has 0 N–H and O–H groups in total. The van der Waals surface area contributed by atoms with Crippen LogP contribution in [-0.4, -0.2) is 15.0 Å². The van der Waals surface area contributed by atoms with E-state index >= 15 is 0 Å². The summed E-state index contributed by atoms with van der Waals surface area (Å²) in [4.78, 5) is 12.5. The molecule has 0 fully saturated rings. The van der Waals surface area contributed by atoms with Gasteiger partial charge >= 0.3 is 0 Å². The summed E-state index contributed by atoms with van der Waals surface area (Å²) in [5.41, 5.74) is 1.77. The Balaban J connectivity index is 2.11. The molecule has 1 aromatic carbocycles. The molecule has 2 aromatic rings. The fourth-order valence-electron chi connectivity index (χ4n) is 1.40. The maximum absolute atomic E-state index is 11.4. The number of hydrogen-bond donors (Lipinski definition) is 0. The van der Waals surface area contributed by atoms with Gasteiger partial charge in [0.15, 0.2) is 5.78 Å². The van der Waals surface area contributed by atoms with E-state index in [1.54, 1.807) is 10.2 Å². The van der Waals surface area contributed by atoms with Gasteiger partial charge in [-0.2, -0.15) is 5.10 Å². The molecule has 0 saturated carbocycles. The van der Waals surface area contributed by atoms with Crippen LogP contribution in [0.3, 0.4) is 0 Å². The Kier molecular flexibility index (Phi) is 3.64. The van der Waals surface area contributed by atoms with E-state index in [-0.39, 0.29) is 5.78 Å². The molecule has 0 aliphatic heterocycles. The van der Waals surface area contributed by atoms with Crippen molar-refractivity contribution >= 4 is 17.7 Å². The molecule has 4 heteroatoms. The van der Waals surface area contributed by atoms with E-state index < -0.39 is 0 Å². The average molecular weight is 246 g/mol. The van der Waals surface area contributed by atoms with Crippen LogP contribution in [0.15, 0.2) is 41.4 Å². The zero-order valence-corrected chi connectivity index (χ0v) is 10.7. The first kappa shape index (κ1) is 11.9. The minimum absolute atomic E-state index is 0.0771. The molecule has 17 heavy (non-hydrogen) atoms. The van der Waals surface area contributed by atoms with Crippen LogP contribution in [0.25, 0.3) is 0 Å². The molecule has 0 atom stereocenters. The SMILES string of the molecule is CCC(=O)c1ccn(Sc2ccc(C)cc2)n1. The molecule has 0 amide bonds. The van der Waals surface area contributed by atoms with E-state index in [1.165, 1.54) is 17.5 Å². The molecule has 3 nitrogen and oxygen atoms in total. The predicted molar refractivity (Wildman–Crippen MR) is 69.3 cm³/mol. The van der Waals surface area contributed by atoms with Crippen LogP contribution in [0.5, 0.6) is 0 Å². The second kappa shape index (κ2) is 5.19. The predicted octanol–water partition coefficient (Wildman–Crippen LogP) is 3.34. The van der Waals surface area contributed by atoms with Gasteiger partial charge in [-0.25, -0.2) is 4.09 Å². The molecule has 0 radical (unpaired) electrons. The zero-order valence-electron chi connectivity index (χ0n) is 9.88. The molecule has 1 heterocycles. The topological polar surface area (TPSA) is 34.9 Å². The molecular formula is C13H14N2OS. The number of nitrogens with zero attached hydrogens (tertiary/aromatic N) is 2. The van der Waals surface area contributed by atoms with Crippen molar-refractivity contribution in [1.82, 2.24) is 9.19 Å². The van der Waals surface area contributed by atoms with Crippen LogP contribution in [0.2, 0.25) is 0 Å². The van der Waals surface area contributed by atoms with Crippen LogP contribution >= 0.6 is 11.9 Å². The summed E-state index contributed by atoms with van der Waals surface area (Å²) in [5.74, 6) is 0.0771. The Morgan fingerprint density at radius 1 is 1.29 bits per heavy atom. The summed E-state index contributed by atoms with van der Waals surface area (Å²) in [5, 5.41) is 4.23. The highest BCUT2D eigenvalue weighted by Gasteiger charge is 2.07. The summed E-state index contributed by atoms with van der Waals surface area (Å²) in [7, 11) is 0. The van der Waals surface area contributed by atoms with Crippen LogP contribution in [0.4, 0.5) is 0 Å². The molecule has 0 unspecified atom stereocenters. The monoisotopic (exact) mass is 246 g/mol. The number of ketones is 1. The zero-order chi connectivity index (χ0) is 12.3. The lowest BCUT2D eigenvalue weighted by Crippen LogP contribution is -1.98. The van der Waals surface area contributed by atoms with E-state index in [9.17, 15) is 4.79 Å². The van der Waals surface area contributed by atoms with Crippen LogP contribution in [0, 0.1) is 6.92 Å². The second-order valence-electron chi connectivity index (χ2n) is 3.78. The van der Waals surface area contributed by atoms with Gasteiger partial charge in [0.2, 0.25) is 0 Å². The van der Waals surface area contributed by atoms with Gasteiger partial charge in [-0.15, -0.1) is 0 Å². The number of aryl methyl sites for hydroxylation is 1. The van der Waals surface area contributed by atoms with Crippen molar-refractivity contribution in [3.8, 4) is 0 Å². The lowest BCUT2D eigenvalue weighted by molar-refractivity contribution is 0.0983. The van der Waals surface area contributed by atoms with Crippen molar-refractivity contribution in [2.45, 2.75) is 25.2 Å². The van der Waals surface area contributed by atoms with Crippen LogP contribution < -0.4 is 0 Å². The molecule has 1 aromatic heterocycles. The Bertz CT molecular complexity index is 516. The maximum atomic E-state index is 11.4. The normalized spacial score (nSPS) is 10.5. The fourth-order valence-corrected chi connectivity index (χ4v) is 2.12. The molecule has 0 aliphatic carbocycles. The van der Waals surface area contributed by atoms with Crippen molar-refractivity contribution in [1.29, 1.82) is 0 Å². The molecule has 0 aliphatic rings. The summed E-state index contributed by atoms with van der Waals surface area (Å²) < 4.78 is 1.72. The Labute approximate surface area is 105 Å². The van der Waals surface area contributed by atoms with Gasteiger partial charge in [0.05, 0.1) is 0 Å². The summed E-state index contributed by atoms with van der Waals surface area (Å²) >= 11 is 1.50. The first-order chi connectivity index (χ1) is 8.19. The summed E-state index contributed by atoms with van der Waals surface area (Å²) in [6.45, 7) is 3.90. The van der Waals surface area contributed by atoms with Crippen molar-refractivity contribution in [3.05, 3.63) is 47.8 Å². The van der Waals surface area contributed by atoms with Crippen LogP contribution in [0.1, 0.15) is 29.4 Å². The lowest BCUT2D eigenvalue weighted by Gasteiger charge is -2.00. The van der Waals surface area contributed by atoms with Gasteiger partial charge in [-0.05, 0) is 25.1 Å². The third kappa shape index (κ3) is 2.97. The Morgan fingerprint density at radius 2 is 2.00 bits per heavy atom. The number of carbonyl (C=O) groups excluding carboxylic acids is 1. The number of carbonyl (C=O) groups is 1. The van der Waals surface area contributed by atoms with Gasteiger partial charge in [0.25, 0.3) is 0 Å². The smallest absolute Gasteiger partial charge is 0.182 e. The molecule has 2 rings (SSSR count). The highest BCUT2D eigenvalue weighted by atomic mass is 32.2. The minimum Gasteiger partial charge on any atom is -0.292 e. The summed E-state index contributed by atoms with van der Waals surface area (Å²) in [6.07, 6.45) is 2.31. The lowest BCUT2D eigenvalue weighted by atomic mass is 10.2. The number of Topliss-reactive ketones (excluding diaryl/α,β-unsaturated/α-hetero) is 1. The number of rotatable bonds is 4. The minimum atomic E-state index is 0.0771. The molecule has 0 saturated heterocycles. The van der Waals surface area contributed by atoms with Crippen molar-refractivity contribution < 1.29 is 4.79 Å². The second-order valence-corrected chi connectivity index (χ2v) is 4.81. The van der Waals surface area contributed by atoms with Crippen molar-refractivity contribution in [3.63, 3.8) is 0 Å². The Hall–Kier alpha value is -1.55. The fraction of sp³-hybridized carbons (Fsp3) is 0.231. The molecular weight excluding hydrogens is 232 g/mol. The molecule has 0 bridgehead atoms. The first-order valence-corrected chi connectivity index (χ1v) is 6.30. The van der Waals surface area contributed by atoms with E-state index in [0.717, 1.165) is 4.90 Å². The first-order valence-electron chi connectivity index (χ1n) is 5.53. The highest BCUT2D eigenvalue weighted by Crippen LogP contribution is 2.20. The number of aromatic nitrogens is 2. The standard InChI is InChI=1S/C13H14N2OS/c1-3-13(16)12-8-9-15(14-12)17-11-6-4-10(2)5-7-11/h4-9H,3H2,1-2H3. The maximum Gasteiger partial charge on any atom is 0.182 e. The summed E-state index contributed by atoms with van der Waals surface area (Å²) in [6, 6.07) is 9.97. The third-order valence-electron chi connectivity index (χ3n) is 2.39. The van der Waals surface area contributed by atoms with E-state index in [4.69, 9.17) is 0 Å². The highest BCUT2D eigenvalue weighted by molar-refractivity contribution is 7.97. The quantitative estimate of drug-likeness (QED) is 0.776. The van der Waals surface area contributed by atoms with Gasteiger partial charge < -0.3 is 0 Å². The molecule has 88 valence electrons. The van der Waals surface area contributed by atoms with Crippen LogP contribution in [-0.2, 0) is 0 Å². The largest absolute Gasteiger partial charge is 0.292 e. The van der Waals surface area contributed by atoms with E-state index in [2.05, 4.69) is 24.2 Å². The molecule has 0 spiro atoms.